The topological polar surface area (TPSA) is 38.7 Å². The second kappa shape index (κ2) is 11.8. The van der Waals surface area contributed by atoms with Crippen LogP contribution in [0, 0.1) is 0 Å². The van der Waals surface area contributed by atoms with Crippen LogP contribution >= 0.6 is 0 Å². The second-order valence-electron chi connectivity index (χ2n) is 11.6. The number of fused-ring (bicyclic) bond motifs is 5. The van der Waals surface area contributed by atoms with Crippen LogP contribution in [-0.4, -0.2) is 15.0 Å². The Morgan fingerprint density at radius 3 is 1.73 bits per heavy atom. The van der Waals surface area contributed by atoms with Crippen LogP contribution in [0.4, 0.5) is 0 Å². The first-order valence-corrected chi connectivity index (χ1v) is 15.7. The van der Waals surface area contributed by atoms with E-state index in [1.54, 1.807) is 24.3 Å². The number of hydrogen-bond acceptors (Lipinski definition) is 3. The molecule has 0 saturated heterocycles. The van der Waals surface area contributed by atoms with Gasteiger partial charge in [-0.3, -0.25) is 0 Å². The largest absolute Gasteiger partial charge is 0.208 e. The van der Waals surface area contributed by atoms with Gasteiger partial charge >= 0.3 is 0 Å². The van der Waals surface area contributed by atoms with Gasteiger partial charge in [-0.25, -0.2) is 15.0 Å². The van der Waals surface area contributed by atoms with Gasteiger partial charge in [0.05, 0.1) is 15.1 Å². The zero-order valence-corrected chi connectivity index (χ0v) is 25.5. The molecule has 0 N–H and O–H groups in total. The molecular weight excluding hydrogens is 583 g/mol. The van der Waals surface area contributed by atoms with Gasteiger partial charge in [-0.2, -0.15) is 0 Å². The minimum atomic E-state index is -2.60. The van der Waals surface area contributed by atoms with E-state index < -0.39 is 107 Å². The van der Waals surface area contributed by atoms with Gasteiger partial charge in [-0.05, 0) is 75.4 Å². The molecule has 9 rings (SSSR count). The Hall–Kier alpha value is -5.67. The molecule has 1 saturated carbocycles. The maximum Gasteiger partial charge on any atom is 0.164 e. The molecular formula is C45H35N3. The summed E-state index contributed by atoms with van der Waals surface area (Å²) < 4.78 is 138. The van der Waals surface area contributed by atoms with Crippen LogP contribution in [0.3, 0.4) is 0 Å². The molecule has 6 aromatic carbocycles. The average molecular weight is 633 g/mol. The van der Waals surface area contributed by atoms with Crippen LogP contribution in [0.15, 0.2) is 151 Å². The third-order valence-corrected chi connectivity index (χ3v) is 8.62. The fraction of sp³-hybridized carbons (Fsp3) is 0.133. The van der Waals surface area contributed by atoms with E-state index in [2.05, 4.69) is 0 Å². The summed E-state index contributed by atoms with van der Waals surface area (Å²) in [7, 11) is 0. The molecule has 48 heavy (non-hydrogen) atoms. The molecule has 1 fully saturated rings. The fourth-order valence-electron chi connectivity index (χ4n) is 6.33. The summed E-state index contributed by atoms with van der Waals surface area (Å²) in [6.45, 7) is 0. The van der Waals surface area contributed by atoms with E-state index in [9.17, 15) is 11.0 Å². The Balaban J connectivity index is 1.31. The predicted molar refractivity (Wildman–Crippen MR) is 196 cm³/mol. The second-order valence-corrected chi connectivity index (χ2v) is 11.6. The lowest BCUT2D eigenvalue weighted by atomic mass is 9.67. The fourth-order valence-corrected chi connectivity index (χ4v) is 6.33. The molecule has 1 heterocycles. The minimum Gasteiger partial charge on any atom is -0.208 e. The van der Waals surface area contributed by atoms with Crippen molar-refractivity contribution in [2.45, 2.75) is 37.4 Å². The summed E-state index contributed by atoms with van der Waals surface area (Å²) in [6, 6.07) is 17.6. The lowest BCUT2D eigenvalue weighted by molar-refractivity contribution is 0.353. The smallest absolute Gasteiger partial charge is 0.164 e. The number of hydrogen-bond donors (Lipinski definition) is 0. The molecule has 3 heteroatoms. The summed E-state index contributed by atoms with van der Waals surface area (Å²) in [6.07, 6.45) is -5.67. The van der Waals surface area contributed by atoms with Gasteiger partial charge in [0.15, 0.2) is 17.5 Å². The lowest BCUT2D eigenvalue weighted by Gasteiger charge is -2.36. The van der Waals surface area contributed by atoms with Crippen molar-refractivity contribution in [3.8, 4) is 67.5 Å². The van der Waals surface area contributed by atoms with Gasteiger partial charge in [-0.15, -0.1) is 0 Å². The van der Waals surface area contributed by atoms with E-state index >= 15 is 0 Å². The SMILES string of the molecule is [2H]c1c([2H])c(-c2cccc(-c3nc(-c4ccccc4)nc(-c4ccccc4)n3)c2)c([2H])c(-c2c([2H])c([2H])c3c(c2[2H])C2(c4c([2H])c([2H])c([2H])c([2H])c4-3)C([2H])([2H])CCCC2([2H])[2H])c1[2H]. The van der Waals surface area contributed by atoms with Crippen molar-refractivity contribution in [1.29, 1.82) is 0 Å². The first-order chi connectivity index (χ1) is 29.9. The van der Waals surface area contributed by atoms with Crippen molar-refractivity contribution in [2.24, 2.45) is 0 Å². The molecule has 0 aliphatic heterocycles. The standard InChI is InChI=1S/C45H35N3/c1-4-14-31(15-5-1)42-46-43(32-16-6-2-7-17-32)48-44(47-42)37-21-13-20-35(29-37)33-18-12-19-34(28-33)36-24-25-39-38-22-8-9-23-40(38)45(41(39)30-36)26-10-3-11-27-45/h1-2,4-9,12-25,28-30H,3,10-11,26-27H2/i8D,9D,12D,18D,19D,22D,23D,24D,25D,26D2,27D2,28D,30D. The van der Waals surface area contributed by atoms with Crippen molar-refractivity contribution < 1.29 is 20.6 Å². The van der Waals surface area contributed by atoms with Crippen LogP contribution in [0.2, 0.25) is 0 Å². The Morgan fingerprint density at radius 2 is 1.02 bits per heavy atom. The van der Waals surface area contributed by atoms with Crippen molar-refractivity contribution in [3.05, 3.63) is 163 Å². The Morgan fingerprint density at radius 1 is 0.458 bits per heavy atom. The van der Waals surface area contributed by atoms with Crippen molar-refractivity contribution >= 4 is 0 Å². The first kappa shape index (κ1) is 16.9. The van der Waals surface area contributed by atoms with Crippen molar-refractivity contribution in [2.75, 3.05) is 0 Å². The molecule has 0 radical (unpaired) electrons. The zero-order chi connectivity index (χ0) is 45.1. The maximum absolute atomic E-state index is 9.81. The predicted octanol–water partition coefficient (Wildman–Crippen LogP) is 11.4. The van der Waals surface area contributed by atoms with Crippen LogP contribution in [0.5, 0.6) is 0 Å². The Kier molecular flexibility index (Phi) is 4.18. The highest BCUT2D eigenvalue weighted by Crippen LogP contribution is 2.56. The van der Waals surface area contributed by atoms with Gasteiger partial charge < -0.3 is 0 Å². The summed E-state index contributed by atoms with van der Waals surface area (Å²) in [5.41, 5.74) is -3.37. The molecule has 7 aromatic rings. The summed E-state index contributed by atoms with van der Waals surface area (Å²) in [5, 5.41) is 0. The normalized spacial score (nSPS) is 21.0. The third-order valence-electron chi connectivity index (χ3n) is 8.62. The number of rotatable bonds is 5. The quantitative estimate of drug-likeness (QED) is 0.189. The number of nitrogens with zero attached hydrogens (tertiary/aromatic N) is 3. The Labute approximate surface area is 303 Å². The monoisotopic (exact) mass is 632 g/mol. The summed E-state index contributed by atoms with van der Waals surface area (Å²) in [4.78, 5) is 14.3. The molecule has 0 amide bonds. The third kappa shape index (κ3) is 4.94. The van der Waals surface area contributed by atoms with Gasteiger partial charge in [0, 0.05) is 27.6 Å². The maximum atomic E-state index is 9.81. The van der Waals surface area contributed by atoms with E-state index in [4.69, 9.17) is 24.5 Å². The van der Waals surface area contributed by atoms with Crippen molar-refractivity contribution in [1.82, 2.24) is 15.0 Å². The van der Waals surface area contributed by atoms with Crippen LogP contribution in [0.25, 0.3) is 67.5 Å². The molecule has 0 unspecified atom stereocenters. The van der Waals surface area contributed by atoms with Crippen LogP contribution in [-0.2, 0) is 5.41 Å². The lowest BCUT2D eigenvalue weighted by Crippen LogP contribution is -2.28. The Bertz CT molecular complexity index is 2990. The highest BCUT2D eigenvalue weighted by Gasteiger charge is 2.43. The van der Waals surface area contributed by atoms with Gasteiger partial charge in [-0.1, -0.05) is 153 Å². The summed E-state index contributed by atoms with van der Waals surface area (Å²) in [5.74, 6) is 1.02. The van der Waals surface area contributed by atoms with E-state index in [1.807, 2.05) is 60.7 Å². The van der Waals surface area contributed by atoms with E-state index in [0.717, 1.165) is 11.1 Å². The summed E-state index contributed by atoms with van der Waals surface area (Å²) >= 11 is 0. The van der Waals surface area contributed by atoms with Crippen molar-refractivity contribution in [3.63, 3.8) is 0 Å². The molecule has 2 aliphatic carbocycles. The van der Waals surface area contributed by atoms with Crippen LogP contribution in [0.1, 0.15) is 63.7 Å². The molecule has 0 atom stereocenters. The minimum absolute atomic E-state index is 0.0667. The van der Waals surface area contributed by atoms with Gasteiger partial charge in [0.2, 0.25) is 0 Å². The average Bonchev–Trinajstić information content (AvgIpc) is 3.62. The molecule has 1 spiro atoms. The number of aromatic nitrogens is 3. The van der Waals surface area contributed by atoms with Gasteiger partial charge in [0.1, 0.15) is 0 Å². The molecule has 2 aliphatic rings. The molecule has 0 bridgehead atoms. The zero-order valence-electron chi connectivity index (χ0n) is 40.5. The molecule has 1 aromatic heterocycles. The molecule has 3 nitrogen and oxygen atoms in total. The van der Waals surface area contributed by atoms with E-state index in [0.29, 0.717) is 17.2 Å². The first-order valence-electron chi connectivity index (χ1n) is 23.2. The van der Waals surface area contributed by atoms with E-state index in [-0.39, 0.29) is 47.3 Å². The van der Waals surface area contributed by atoms with E-state index in [1.165, 1.54) is 0 Å². The van der Waals surface area contributed by atoms with Gasteiger partial charge in [0.25, 0.3) is 0 Å². The highest BCUT2D eigenvalue weighted by atomic mass is 15.0. The molecule has 230 valence electrons. The van der Waals surface area contributed by atoms with Crippen LogP contribution < -0.4 is 0 Å². The highest BCUT2D eigenvalue weighted by molar-refractivity contribution is 5.85. The number of benzene rings is 6.